The van der Waals surface area contributed by atoms with Crippen molar-refractivity contribution in [3.8, 4) is 11.5 Å². The Labute approximate surface area is 289 Å². The molecule has 1 saturated heterocycles. The summed E-state index contributed by atoms with van der Waals surface area (Å²) in [6.07, 6.45) is -0.0938. The fourth-order valence-corrected chi connectivity index (χ4v) is 6.47. The molecule has 1 fully saturated rings. The van der Waals surface area contributed by atoms with Crippen molar-refractivity contribution in [2.75, 3.05) is 47.1 Å². The first kappa shape index (κ1) is 34.5. The zero-order valence-electron chi connectivity index (χ0n) is 26.3. The summed E-state index contributed by atoms with van der Waals surface area (Å²) in [6.45, 7) is 4.64. The number of morpholine rings is 1. The minimum absolute atomic E-state index is 0. The molecule has 4 aromatic carbocycles. The minimum atomic E-state index is -0.365. The van der Waals surface area contributed by atoms with E-state index in [1.165, 1.54) is 0 Å². The Bertz CT molecular complexity index is 1920. The second-order valence-corrected chi connectivity index (χ2v) is 12.0. The van der Waals surface area contributed by atoms with Gasteiger partial charge in [-0.2, -0.15) is 0 Å². The second kappa shape index (κ2) is 15.0. The highest BCUT2D eigenvalue weighted by Gasteiger charge is 2.25. The predicted molar refractivity (Wildman–Crippen MR) is 187 cm³/mol. The molecule has 1 aromatic heterocycles. The highest BCUT2D eigenvalue weighted by Crippen LogP contribution is 2.35. The summed E-state index contributed by atoms with van der Waals surface area (Å²) in [5.74, 6) is 0.702. The number of hydrogen-bond donors (Lipinski definition) is 0. The van der Waals surface area contributed by atoms with Crippen molar-refractivity contribution in [2.24, 2.45) is 0 Å². The standard InChI is InChI=1S/C36H34Cl2N2O6.ClH/c1-22-29(30-19-27(43-2)10-12-31(30)40(22)36(42)23-4-8-26(37)9-5-23)20-34(41)46-17-15-39-14-16-45-33(21-39)25-6-11-28-24(18-25)7-13-32(44-3)35(28)38;/h4-13,18-19,33H,14-17,20-21H2,1-3H3;1H. The Morgan fingerprint density at radius 2 is 1.72 bits per heavy atom. The molecule has 1 atom stereocenters. The predicted octanol–water partition coefficient (Wildman–Crippen LogP) is 7.70. The average Bonchev–Trinajstić information content (AvgIpc) is 3.34. The Kier molecular flexibility index (Phi) is 11.0. The summed E-state index contributed by atoms with van der Waals surface area (Å²) in [5, 5.41) is 3.85. The smallest absolute Gasteiger partial charge is 0.310 e. The number of nitrogens with zero attached hydrogens (tertiary/aromatic N) is 2. The van der Waals surface area contributed by atoms with Crippen LogP contribution in [0.4, 0.5) is 0 Å². The number of hydrogen-bond acceptors (Lipinski definition) is 7. The van der Waals surface area contributed by atoms with Gasteiger partial charge in [0.2, 0.25) is 0 Å². The summed E-state index contributed by atoms with van der Waals surface area (Å²) in [5.41, 5.74) is 3.64. The number of fused-ring (bicyclic) bond motifs is 2. The molecule has 1 aliphatic heterocycles. The highest BCUT2D eigenvalue weighted by atomic mass is 35.5. The van der Waals surface area contributed by atoms with Crippen LogP contribution in [0.25, 0.3) is 21.7 Å². The Balaban J connectivity index is 0.00000433. The van der Waals surface area contributed by atoms with E-state index in [1.54, 1.807) is 49.1 Å². The van der Waals surface area contributed by atoms with E-state index in [1.807, 2.05) is 43.3 Å². The van der Waals surface area contributed by atoms with Crippen LogP contribution in [0.3, 0.4) is 0 Å². The maximum absolute atomic E-state index is 13.6. The topological polar surface area (TPSA) is 79.2 Å². The first-order chi connectivity index (χ1) is 22.3. The number of methoxy groups -OCH3 is 2. The number of carbonyl (C=O) groups is 2. The Morgan fingerprint density at radius 1 is 0.936 bits per heavy atom. The minimum Gasteiger partial charge on any atom is -0.497 e. The van der Waals surface area contributed by atoms with Gasteiger partial charge >= 0.3 is 5.97 Å². The van der Waals surface area contributed by atoms with Gasteiger partial charge in [-0.05, 0) is 78.0 Å². The van der Waals surface area contributed by atoms with E-state index in [4.69, 9.17) is 42.1 Å². The molecule has 47 heavy (non-hydrogen) atoms. The maximum Gasteiger partial charge on any atom is 0.310 e. The molecule has 1 unspecified atom stereocenters. The van der Waals surface area contributed by atoms with Crippen LogP contribution in [-0.4, -0.2) is 68.4 Å². The van der Waals surface area contributed by atoms with Crippen LogP contribution in [0.2, 0.25) is 10.0 Å². The van der Waals surface area contributed by atoms with Gasteiger partial charge in [0.25, 0.3) is 5.91 Å². The van der Waals surface area contributed by atoms with E-state index < -0.39 is 0 Å². The van der Waals surface area contributed by atoms with Crippen LogP contribution in [0.15, 0.2) is 72.8 Å². The molecule has 0 amide bonds. The molecule has 1 aliphatic rings. The van der Waals surface area contributed by atoms with Crippen LogP contribution >= 0.6 is 35.6 Å². The summed E-state index contributed by atoms with van der Waals surface area (Å²) in [7, 11) is 3.19. The third kappa shape index (κ3) is 7.22. The Hall–Kier alpha value is -3.79. The third-order valence-electron chi connectivity index (χ3n) is 8.51. The summed E-state index contributed by atoms with van der Waals surface area (Å²) >= 11 is 12.5. The van der Waals surface area contributed by atoms with Gasteiger partial charge in [0, 0.05) is 46.7 Å². The monoisotopic (exact) mass is 696 g/mol. The van der Waals surface area contributed by atoms with Crippen molar-refractivity contribution in [1.82, 2.24) is 9.47 Å². The Morgan fingerprint density at radius 3 is 2.47 bits per heavy atom. The van der Waals surface area contributed by atoms with Gasteiger partial charge in [0.05, 0.1) is 43.9 Å². The normalized spacial score (nSPS) is 15.0. The van der Waals surface area contributed by atoms with Crippen LogP contribution in [0.1, 0.15) is 33.3 Å². The van der Waals surface area contributed by atoms with Gasteiger partial charge in [0.15, 0.2) is 0 Å². The van der Waals surface area contributed by atoms with Gasteiger partial charge in [-0.25, -0.2) is 0 Å². The molecule has 246 valence electrons. The lowest BCUT2D eigenvalue weighted by Gasteiger charge is -2.33. The summed E-state index contributed by atoms with van der Waals surface area (Å²) < 4.78 is 24.2. The van der Waals surface area contributed by atoms with Crippen LogP contribution in [-0.2, 0) is 20.7 Å². The van der Waals surface area contributed by atoms with E-state index in [0.717, 1.165) is 33.8 Å². The third-order valence-corrected chi connectivity index (χ3v) is 9.15. The zero-order chi connectivity index (χ0) is 32.4. The van der Waals surface area contributed by atoms with Crippen molar-refractivity contribution < 1.29 is 28.5 Å². The first-order valence-corrected chi connectivity index (χ1v) is 15.8. The molecule has 0 radical (unpaired) electrons. The number of aromatic nitrogens is 1. The van der Waals surface area contributed by atoms with Crippen LogP contribution in [0.5, 0.6) is 11.5 Å². The summed E-state index contributed by atoms with van der Waals surface area (Å²) in [4.78, 5) is 29.0. The lowest BCUT2D eigenvalue weighted by atomic mass is 10.0. The molecule has 2 heterocycles. The molecule has 0 bridgehead atoms. The van der Waals surface area contributed by atoms with E-state index in [9.17, 15) is 9.59 Å². The van der Waals surface area contributed by atoms with Gasteiger partial charge in [0.1, 0.15) is 18.1 Å². The number of rotatable bonds is 9. The molecule has 8 nitrogen and oxygen atoms in total. The van der Waals surface area contributed by atoms with E-state index in [2.05, 4.69) is 11.0 Å². The number of ether oxygens (including phenoxy) is 4. The number of halogens is 3. The fourth-order valence-electron chi connectivity index (χ4n) is 6.04. The lowest BCUT2D eigenvalue weighted by Crippen LogP contribution is -2.40. The zero-order valence-corrected chi connectivity index (χ0v) is 28.6. The second-order valence-electron chi connectivity index (χ2n) is 11.2. The SMILES string of the molecule is COc1ccc2c(c1)c(CC(=O)OCCN1CCOC(c3ccc4c(Cl)c(OC)ccc4c3)C1)c(C)n2C(=O)c1ccc(Cl)cc1.Cl. The quantitative estimate of drug-likeness (QED) is 0.146. The fraction of sp³-hybridized carbons (Fsp3) is 0.278. The van der Waals surface area contributed by atoms with Gasteiger partial charge in [-0.3, -0.25) is 19.1 Å². The molecular formula is C36H35Cl3N2O6. The van der Waals surface area contributed by atoms with Crippen LogP contribution < -0.4 is 9.47 Å². The lowest BCUT2D eigenvalue weighted by molar-refractivity contribution is -0.143. The molecule has 6 rings (SSSR count). The van der Waals surface area contributed by atoms with Crippen LogP contribution in [0, 0.1) is 6.92 Å². The van der Waals surface area contributed by atoms with Gasteiger partial charge in [-0.1, -0.05) is 41.4 Å². The molecule has 5 aromatic rings. The van der Waals surface area contributed by atoms with Gasteiger partial charge < -0.3 is 18.9 Å². The maximum atomic E-state index is 13.6. The largest absolute Gasteiger partial charge is 0.497 e. The van der Waals surface area contributed by atoms with Gasteiger partial charge in [-0.15, -0.1) is 12.4 Å². The summed E-state index contributed by atoms with van der Waals surface area (Å²) in [6, 6.07) is 22.2. The van der Waals surface area contributed by atoms with Crippen molar-refractivity contribution in [1.29, 1.82) is 0 Å². The highest BCUT2D eigenvalue weighted by molar-refractivity contribution is 6.37. The number of esters is 1. The number of carbonyl (C=O) groups excluding carboxylic acids is 2. The van der Waals surface area contributed by atoms with Crippen molar-refractivity contribution >= 4 is 69.2 Å². The van der Waals surface area contributed by atoms with E-state index >= 15 is 0 Å². The first-order valence-electron chi connectivity index (χ1n) is 15.0. The molecule has 0 N–H and O–H groups in total. The molecule has 0 spiro atoms. The molecule has 0 saturated carbocycles. The molecule has 11 heteroatoms. The molecule has 0 aliphatic carbocycles. The van der Waals surface area contributed by atoms with Crippen molar-refractivity contribution in [3.05, 3.63) is 105 Å². The van der Waals surface area contributed by atoms with E-state index in [-0.39, 0.29) is 43.4 Å². The van der Waals surface area contributed by atoms with E-state index in [0.29, 0.717) is 58.0 Å². The van der Waals surface area contributed by atoms with Crippen molar-refractivity contribution in [2.45, 2.75) is 19.4 Å². The van der Waals surface area contributed by atoms with Crippen molar-refractivity contribution in [3.63, 3.8) is 0 Å². The number of benzene rings is 4. The molecular weight excluding hydrogens is 663 g/mol. The average molecular weight is 698 g/mol.